The first-order chi connectivity index (χ1) is 11.1. The van der Waals surface area contributed by atoms with E-state index < -0.39 is 0 Å². The second-order valence-corrected chi connectivity index (χ2v) is 6.47. The van der Waals surface area contributed by atoms with Crippen molar-refractivity contribution in [1.29, 1.82) is 0 Å². The molecule has 1 aromatic carbocycles. The summed E-state index contributed by atoms with van der Waals surface area (Å²) in [7, 11) is 0. The van der Waals surface area contributed by atoms with Gasteiger partial charge in [0.1, 0.15) is 6.61 Å². The van der Waals surface area contributed by atoms with Crippen LogP contribution in [0, 0.1) is 13.8 Å². The summed E-state index contributed by atoms with van der Waals surface area (Å²) in [6, 6.07) is 6.55. The molecular formula is C18H24N2O3. The van der Waals surface area contributed by atoms with E-state index in [1.807, 2.05) is 4.90 Å². The van der Waals surface area contributed by atoms with Crippen LogP contribution in [-0.2, 0) is 14.3 Å². The number of hydrogen-bond acceptors (Lipinski definition) is 3. The van der Waals surface area contributed by atoms with Crippen molar-refractivity contribution < 1.29 is 14.3 Å². The van der Waals surface area contributed by atoms with E-state index in [0.717, 1.165) is 19.4 Å². The Balaban J connectivity index is 1.74. The first-order valence-corrected chi connectivity index (χ1v) is 8.28. The number of hydrogen-bond donors (Lipinski definition) is 0. The minimum absolute atomic E-state index is 0.0451. The smallest absolute Gasteiger partial charge is 0.249 e. The molecule has 0 radical (unpaired) electrons. The Bertz CT molecular complexity index is 614. The Kier molecular flexibility index (Phi) is 4.66. The zero-order chi connectivity index (χ0) is 16.4. The molecule has 3 rings (SSSR count). The lowest BCUT2D eigenvalue weighted by atomic mass is 9.97. The number of carbonyl (C=O) groups is 2. The molecule has 0 aromatic heterocycles. The van der Waals surface area contributed by atoms with Crippen LogP contribution in [0.5, 0.6) is 0 Å². The van der Waals surface area contributed by atoms with Crippen molar-refractivity contribution in [3.8, 4) is 0 Å². The van der Waals surface area contributed by atoms with Gasteiger partial charge in [-0.05, 0) is 37.8 Å². The van der Waals surface area contributed by atoms with Gasteiger partial charge in [0.05, 0.1) is 19.2 Å². The second-order valence-electron chi connectivity index (χ2n) is 6.47. The first kappa shape index (κ1) is 16.0. The zero-order valence-corrected chi connectivity index (χ0v) is 13.9. The van der Waals surface area contributed by atoms with Crippen molar-refractivity contribution in [3.63, 3.8) is 0 Å². The number of aryl methyl sites for hydroxylation is 2. The Morgan fingerprint density at radius 3 is 2.91 bits per heavy atom. The lowest BCUT2D eigenvalue weighted by Gasteiger charge is -2.31. The predicted octanol–water partition coefficient (Wildman–Crippen LogP) is 1.83. The normalized spacial score (nSPS) is 21.8. The van der Waals surface area contributed by atoms with E-state index in [4.69, 9.17) is 4.74 Å². The summed E-state index contributed by atoms with van der Waals surface area (Å²) >= 11 is 0. The number of nitrogens with zero attached hydrogens (tertiary/aromatic N) is 2. The fraction of sp³-hybridized carbons (Fsp3) is 0.556. The molecule has 5 nitrogen and oxygen atoms in total. The average Bonchev–Trinajstić information content (AvgIpc) is 3.01. The van der Waals surface area contributed by atoms with E-state index in [2.05, 4.69) is 32.0 Å². The highest BCUT2D eigenvalue weighted by Gasteiger charge is 2.32. The molecule has 1 atom stereocenters. The minimum atomic E-state index is -0.0907. The maximum absolute atomic E-state index is 12.7. The monoisotopic (exact) mass is 316 g/mol. The fourth-order valence-electron chi connectivity index (χ4n) is 3.48. The van der Waals surface area contributed by atoms with Gasteiger partial charge in [-0.3, -0.25) is 9.59 Å². The quantitative estimate of drug-likeness (QED) is 0.855. The van der Waals surface area contributed by atoms with Crippen LogP contribution in [0.25, 0.3) is 0 Å². The van der Waals surface area contributed by atoms with E-state index in [9.17, 15) is 9.59 Å². The lowest BCUT2D eigenvalue weighted by Crippen LogP contribution is -2.47. The van der Waals surface area contributed by atoms with Gasteiger partial charge in [0.25, 0.3) is 0 Å². The molecule has 2 aliphatic heterocycles. The molecule has 0 aliphatic carbocycles. The molecule has 2 saturated heterocycles. The number of amides is 2. The number of rotatable bonds is 3. The lowest BCUT2D eigenvalue weighted by molar-refractivity contribution is -0.148. The molecule has 2 heterocycles. The highest BCUT2D eigenvalue weighted by atomic mass is 16.5. The number of carbonyl (C=O) groups excluding carboxylic acids is 2. The van der Waals surface area contributed by atoms with Crippen molar-refractivity contribution in [2.24, 2.45) is 0 Å². The van der Waals surface area contributed by atoms with Crippen molar-refractivity contribution in [2.45, 2.75) is 32.7 Å². The Morgan fingerprint density at radius 1 is 1.30 bits per heavy atom. The summed E-state index contributed by atoms with van der Waals surface area (Å²) in [5, 5.41) is 0. The van der Waals surface area contributed by atoms with Gasteiger partial charge < -0.3 is 14.5 Å². The van der Waals surface area contributed by atoms with Crippen LogP contribution in [0.2, 0.25) is 0 Å². The van der Waals surface area contributed by atoms with Gasteiger partial charge in [-0.25, -0.2) is 0 Å². The van der Waals surface area contributed by atoms with Crippen LogP contribution in [0.15, 0.2) is 18.2 Å². The van der Waals surface area contributed by atoms with Gasteiger partial charge in [-0.2, -0.15) is 0 Å². The Hall–Kier alpha value is -1.88. The SMILES string of the molecule is Cc1ccc(C)c([C@H]2CCCN2C(=O)CN2CCOCC2=O)c1. The van der Waals surface area contributed by atoms with Crippen molar-refractivity contribution >= 4 is 11.8 Å². The third-order valence-electron chi connectivity index (χ3n) is 4.78. The van der Waals surface area contributed by atoms with Gasteiger partial charge in [-0.15, -0.1) is 0 Å². The van der Waals surface area contributed by atoms with E-state index in [1.54, 1.807) is 4.90 Å². The van der Waals surface area contributed by atoms with Crippen LogP contribution in [0.3, 0.4) is 0 Å². The number of benzene rings is 1. The highest BCUT2D eigenvalue weighted by molar-refractivity contribution is 5.86. The van der Waals surface area contributed by atoms with Crippen molar-refractivity contribution in [1.82, 2.24) is 9.80 Å². The largest absolute Gasteiger partial charge is 0.370 e. The van der Waals surface area contributed by atoms with Crippen LogP contribution < -0.4 is 0 Å². The van der Waals surface area contributed by atoms with Crippen molar-refractivity contribution in [3.05, 3.63) is 34.9 Å². The summed E-state index contributed by atoms with van der Waals surface area (Å²) in [6.45, 7) is 6.23. The van der Waals surface area contributed by atoms with Gasteiger partial charge >= 0.3 is 0 Å². The summed E-state index contributed by atoms with van der Waals surface area (Å²) in [4.78, 5) is 28.1. The maximum Gasteiger partial charge on any atom is 0.249 e. The zero-order valence-electron chi connectivity index (χ0n) is 13.9. The number of ether oxygens (including phenoxy) is 1. The Morgan fingerprint density at radius 2 is 2.13 bits per heavy atom. The van der Waals surface area contributed by atoms with Crippen LogP contribution in [0.4, 0.5) is 0 Å². The molecule has 5 heteroatoms. The molecule has 2 aliphatic rings. The fourth-order valence-corrected chi connectivity index (χ4v) is 3.48. The Labute approximate surface area is 137 Å². The molecule has 0 unspecified atom stereocenters. The molecule has 124 valence electrons. The molecule has 1 aromatic rings. The maximum atomic E-state index is 12.7. The van der Waals surface area contributed by atoms with E-state index in [-0.39, 0.29) is 31.0 Å². The first-order valence-electron chi connectivity index (χ1n) is 8.28. The highest BCUT2D eigenvalue weighted by Crippen LogP contribution is 2.34. The van der Waals surface area contributed by atoms with Crippen LogP contribution >= 0.6 is 0 Å². The summed E-state index contributed by atoms with van der Waals surface area (Å²) in [6.07, 6.45) is 2.01. The molecule has 23 heavy (non-hydrogen) atoms. The summed E-state index contributed by atoms with van der Waals surface area (Å²) in [5.74, 6) is -0.0456. The predicted molar refractivity (Wildman–Crippen MR) is 87.0 cm³/mol. The van der Waals surface area contributed by atoms with Gasteiger partial charge in [0.2, 0.25) is 11.8 Å². The third kappa shape index (κ3) is 3.39. The van der Waals surface area contributed by atoms with Gasteiger partial charge in [0, 0.05) is 13.1 Å². The molecular weight excluding hydrogens is 292 g/mol. The molecule has 0 N–H and O–H groups in total. The van der Waals surface area contributed by atoms with Gasteiger partial charge in [-0.1, -0.05) is 23.8 Å². The van der Waals surface area contributed by atoms with Gasteiger partial charge in [0.15, 0.2) is 0 Å². The molecule has 0 spiro atoms. The topological polar surface area (TPSA) is 49.9 Å². The number of likely N-dealkylation sites (tertiary alicyclic amines) is 1. The summed E-state index contributed by atoms with van der Waals surface area (Å²) in [5.41, 5.74) is 3.68. The number of morpholine rings is 1. The molecule has 0 bridgehead atoms. The van der Waals surface area contributed by atoms with E-state index in [1.165, 1.54) is 16.7 Å². The standard InChI is InChI=1S/C18H24N2O3/c1-13-5-6-14(2)15(10-13)16-4-3-7-20(16)17(21)11-19-8-9-23-12-18(19)22/h5-6,10,16H,3-4,7-9,11-12H2,1-2H3/t16-/m1/s1. The minimum Gasteiger partial charge on any atom is -0.370 e. The third-order valence-corrected chi connectivity index (χ3v) is 4.78. The average molecular weight is 316 g/mol. The molecule has 0 saturated carbocycles. The molecule has 2 fully saturated rings. The van der Waals surface area contributed by atoms with Crippen LogP contribution in [-0.4, -0.2) is 54.5 Å². The van der Waals surface area contributed by atoms with Crippen molar-refractivity contribution in [2.75, 3.05) is 32.8 Å². The van der Waals surface area contributed by atoms with E-state index >= 15 is 0 Å². The van der Waals surface area contributed by atoms with Crippen LogP contribution in [0.1, 0.15) is 35.6 Å². The molecule has 2 amide bonds. The van der Waals surface area contributed by atoms with E-state index in [0.29, 0.717) is 13.2 Å². The second kappa shape index (κ2) is 6.71. The summed E-state index contributed by atoms with van der Waals surface area (Å²) < 4.78 is 5.12.